The maximum Gasteiger partial charge on any atom is 0.273 e. The highest BCUT2D eigenvalue weighted by Gasteiger charge is 2.10. The van der Waals surface area contributed by atoms with E-state index in [2.05, 4.69) is 10.1 Å². The van der Waals surface area contributed by atoms with Gasteiger partial charge in [-0.15, -0.1) is 0 Å². The molecule has 118 valence electrons. The second kappa shape index (κ2) is 6.47. The maximum atomic E-state index is 12.0. The number of aromatic nitrogens is 3. The van der Waals surface area contributed by atoms with Crippen molar-refractivity contribution < 1.29 is 14.9 Å². The number of aromatic amines is 1. The van der Waals surface area contributed by atoms with Crippen LogP contribution in [0.3, 0.4) is 0 Å². The van der Waals surface area contributed by atoms with Crippen LogP contribution in [0, 0.1) is 0 Å². The minimum Gasteiger partial charge on any atom is -0.487 e. The van der Waals surface area contributed by atoms with Gasteiger partial charge in [0.25, 0.3) is 5.56 Å². The van der Waals surface area contributed by atoms with E-state index >= 15 is 0 Å². The molecular formula is C16H15N3O4. The second-order valence-electron chi connectivity index (χ2n) is 4.88. The lowest BCUT2D eigenvalue weighted by molar-refractivity contribution is -0.0425. The first-order valence-corrected chi connectivity index (χ1v) is 6.95. The summed E-state index contributed by atoms with van der Waals surface area (Å²) in [7, 11) is 0. The number of H-pyrrole nitrogens is 1. The topological polar surface area (TPSA) is 100 Å². The quantitative estimate of drug-likeness (QED) is 0.613. The van der Waals surface area contributed by atoms with E-state index in [1.165, 1.54) is 29.1 Å². The van der Waals surface area contributed by atoms with Crippen molar-refractivity contribution in [1.29, 1.82) is 0 Å². The molecule has 1 aromatic carbocycles. The molecule has 0 amide bonds. The third-order valence-corrected chi connectivity index (χ3v) is 3.21. The van der Waals surface area contributed by atoms with Crippen LogP contribution < -0.4 is 10.3 Å². The zero-order valence-corrected chi connectivity index (χ0v) is 12.1. The summed E-state index contributed by atoms with van der Waals surface area (Å²) in [6, 6.07) is 13.5. The summed E-state index contributed by atoms with van der Waals surface area (Å²) < 4.78 is 6.79. The molecule has 0 radical (unpaired) electrons. The van der Waals surface area contributed by atoms with Crippen molar-refractivity contribution in [2.75, 3.05) is 0 Å². The van der Waals surface area contributed by atoms with E-state index in [0.29, 0.717) is 11.4 Å². The minimum atomic E-state index is -1.62. The number of nitrogens with one attached hydrogen (secondary N) is 1. The molecule has 23 heavy (non-hydrogen) atoms. The number of rotatable bonds is 5. The molecule has 0 spiro atoms. The number of nitrogens with zero attached hydrogens (tertiary/aromatic N) is 2. The minimum absolute atomic E-state index is 0.203. The molecule has 0 bridgehead atoms. The number of aliphatic hydroxyl groups excluding tert-OH is 1. The number of hydrogen-bond acceptors (Lipinski definition) is 5. The van der Waals surface area contributed by atoms with Gasteiger partial charge in [-0.25, -0.2) is 9.67 Å². The van der Waals surface area contributed by atoms with E-state index < -0.39 is 6.29 Å². The van der Waals surface area contributed by atoms with Crippen LogP contribution in [0.4, 0.5) is 0 Å². The van der Waals surface area contributed by atoms with Crippen molar-refractivity contribution >= 4 is 0 Å². The Bertz CT molecular complexity index is 840. The lowest BCUT2D eigenvalue weighted by atomic mass is 10.2. The zero-order valence-electron chi connectivity index (χ0n) is 12.1. The van der Waals surface area contributed by atoms with Crippen LogP contribution in [0.1, 0.15) is 17.5 Å². The van der Waals surface area contributed by atoms with Crippen LogP contribution in [0.5, 0.6) is 5.75 Å². The van der Waals surface area contributed by atoms with E-state index in [4.69, 9.17) is 4.74 Å². The fourth-order valence-corrected chi connectivity index (χ4v) is 2.08. The highest BCUT2D eigenvalue weighted by molar-refractivity contribution is 5.28. The molecule has 0 atom stereocenters. The molecule has 0 saturated heterocycles. The van der Waals surface area contributed by atoms with E-state index in [1.807, 2.05) is 30.3 Å². The first-order chi connectivity index (χ1) is 11.1. The molecule has 3 rings (SSSR count). The number of para-hydroxylation sites is 1. The summed E-state index contributed by atoms with van der Waals surface area (Å²) >= 11 is 0. The molecule has 0 aliphatic heterocycles. The predicted octanol–water partition coefficient (Wildman–Crippen LogP) is 1.12. The van der Waals surface area contributed by atoms with Crippen LogP contribution in [-0.2, 0) is 6.61 Å². The first kappa shape index (κ1) is 15.0. The molecule has 2 heterocycles. The number of aliphatic hydroxyl groups is 2. The number of pyridine rings is 1. The lowest BCUT2D eigenvalue weighted by Crippen LogP contribution is -2.15. The Morgan fingerprint density at radius 3 is 2.70 bits per heavy atom. The van der Waals surface area contributed by atoms with Gasteiger partial charge in [-0.3, -0.25) is 9.89 Å². The largest absolute Gasteiger partial charge is 0.487 e. The summed E-state index contributed by atoms with van der Waals surface area (Å²) in [4.78, 5) is 16.1. The summed E-state index contributed by atoms with van der Waals surface area (Å²) in [6.45, 7) is 0.203. The van der Waals surface area contributed by atoms with E-state index in [0.717, 1.165) is 0 Å². The highest BCUT2D eigenvalue weighted by atomic mass is 16.5. The molecule has 3 N–H and O–H groups in total. The molecule has 7 nitrogen and oxygen atoms in total. The number of hydrogen-bond donors (Lipinski definition) is 3. The Morgan fingerprint density at radius 2 is 1.96 bits per heavy atom. The van der Waals surface area contributed by atoms with Crippen molar-refractivity contribution in [3.63, 3.8) is 0 Å². The van der Waals surface area contributed by atoms with Gasteiger partial charge in [0.2, 0.25) is 0 Å². The summed E-state index contributed by atoms with van der Waals surface area (Å²) in [5.41, 5.74) is 0.517. The van der Waals surface area contributed by atoms with Crippen LogP contribution in [-0.4, -0.2) is 25.0 Å². The van der Waals surface area contributed by atoms with Crippen molar-refractivity contribution in [3.8, 4) is 11.6 Å². The first-order valence-electron chi connectivity index (χ1n) is 6.95. The predicted molar refractivity (Wildman–Crippen MR) is 82.1 cm³/mol. The van der Waals surface area contributed by atoms with Gasteiger partial charge < -0.3 is 14.9 Å². The van der Waals surface area contributed by atoms with Gasteiger partial charge in [-0.1, -0.05) is 18.2 Å². The maximum absolute atomic E-state index is 12.0. The summed E-state index contributed by atoms with van der Waals surface area (Å²) in [5.74, 6) is 0.969. The molecule has 7 heteroatoms. The average Bonchev–Trinajstić information content (AvgIpc) is 2.95. The van der Waals surface area contributed by atoms with Crippen molar-refractivity contribution in [2.45, 2.75) is 12.9 Å². The second-order valence-corrected chi connectivity index (χ2v) is 4.88. The Labute approximate surface area is 131 Å². The van der Waals surface area contributed by atoms with Gasteiger partial charge in [0.1, 0.15) is 12.4 Å². The molecule has 2 aromatic heterocycles. The molecule has 0 aliphatic rings. The third kappa shape index (κ3) is 3.47. The molecular weight excluding hydrogens is 298 g/mol. The van der Waals surface area contributed by atoms with Gasteiger partial charge in [0, 0.05) is 17.8 Å². The van der Waals surface area contributed by atoms with Crippen LogP contribution in [0.25, 0.3) is 5.82 Å². The Balaban J connectivity index is 1.81. The smallest absolute Gasteiger partial charge is 0.273 e. The van der Waals surface area contributed by atoms with Crippen LogP contribution in [0.2, 0.25) is 0 Å². The molecule has 0 fully saturated rings. The Hall–Kier alpha value is -2.90. The lowest BCUT2D eigenvalue weighted by Gasteiger charge is -2.06. The monoisotopic (exact) mass is 313 g/mol. The van der Waals surface area contributed by atoms with E-state index in [9.17, 15) is 15.0 Å². The molecule has 0 unspecified atom stereocenters. The van der Waals surface area contributed by atoms with Crippen molar-refractivity contribution in [3.05, 3.63) is 76.3 Å². The fourth-order valence-electron chi connectivity index (χ4n) is 2.08. The summed E-state index contributed by atoms with van der Waals surface area (Å²) in [6.07, 6.45) is -0.222. The zero-order chi connectivity index (χ0) is 16.2. The highest BCUT2D eigenvalue weighted by Crippen LogP contribution is 2.13. The van der Waals surface area contributed by atoms with Gasteiger partial charge in [-0.05, 0) is 24.3 Å². The Kier molecular flexibility index (Phi) is 4.22. The van der Waals surface area contributed by atoms with Gasteiger partial charge in [-0.2, -0.15) is 0 Å². The summed E-state index contributed by atoms with van der Waals surface area (Å²) in [5, 5.41) is 21.3. The number of ether oxygens (including phenoxy) is 1. The molecule has 0 aliphatic carbocycles. The van der Waals surface area contributed by atoms with Crippen LogP contribution >= 0.6 is 0 Å². The SMILES string of the molecule is O=c1cc(COc2ccccc2)[nH]n1-c1cc(C(O)O)ccn1. The van der Waals surface area contributed by atoms with Gasteiger partial charge in [0.05, 0.1) is 5.69 Å². The van der Waals surface area contributed by atoms with E-state index in [-0.39, 0.29) is 23.5 Å². The molecule has 0 saturated carbocycles. The van der Waals surface area contributed by atoms with Gasteiger partial charge >= 0.3 is 0 Å². The standard InChI is InChI=1S/C16H15N3O4/c20-15-9-12(10-23-13-4-2-1-3-5-13)18-19(15)14-8-11(16(21)22)6-7-17-14/h1-9,16,18,21-22H,10H2. The number of benzene rings is 1. The van der Waals surface area contributed by atoms with Crippen LogP contribution in [0.15, 0.2) is 59.5 Å². The normalized spacial score (nSPS) is 10.9. The van der Waals surface area contributed by atoms with E-state index in [1.54, 1.807) is 0 Å². The fraction of sp³-hybridized carbons (Fsp3) is 0.125. The Morgan fingerprint density at radius 1 is 1.17 bits per heavy atom. The third-order valence-electron chi connectivity index (χ3n) is 3.21. The van der Waals surface area contributed by atoms with Crippen molar-refractivity contribution in [2.24, 2.45) is 0 Å². The van der Waals surface area contributed by atoms with Gasteiger partial charge in [0.15, 0.2) is 12.1 Å². The van der Waals surface area contributed by atoms with Crippen molar-refractivity contribution in [1.82, 2.24) is 14.8 Å². The molecule has 3 aromatic rings. The average molecular weight is 313 g/mol.